The second-order valence-corrected chi connectivity index (χ2v) is 15.9. The lowest BCUT2D eigenvalue weighted by Gasteiger charge is -2.16. The summed E-state index contributed by atoms with van der Waals surface area (Å²) in [6, 6.07) is 77.9. The molecular formula is C58H36N6. The van der Waals surface area contributed by atoms with Gasteiger partial charge in [0.25, 0.3) is 0 Å². The SMILES string of the molecule is N#Cc1cc(-c2nc(-c3ccccc3)nc(-c3ccccc3)n2)c(-c2ccc(-n3c4ccccc4c4ccccc43)cc2)cc1-c1ccc(-n2c3ccccc3c3ccccc32)cc1. The van der Waals surface area contributed by atoms with Gasteiger partial charge in [-0.2, -0.15) is 5.26 Å². The van der Waals surface area contributed by atoms with Crippen LogP contribution >= 0.6 is 0 Å². The highest BCUT2D eigenvalue weighted by molar-refractivity contribution is 6.10. The maximum absolute atomic E-state index is 10.9. The first-order chi connectivity index (χ1) is 31.7. The number of para-hydroxylation sites is 4. The van der Waals surface area contributed by atoms with Crippen molar-refractivity contribution < 1.29 is 0 Å². The number of nitriles is 1. The molecule has 0 N–H and O–H groups in total. The Morgan fingerprint density at radius 3 is 1.08 bits per heavy atom. The predicted molar refractivity (Wildman–Crippen MR) is 260 cm³/mol. The number of benzene rings is 9. The van der Waals surface area contributed by atoms with Gasteiger partial charge in [-0.05, 0) is 77.4 Å². The van der Waals surface area contributed by atoms with Gasteiger partial charge in [-0.15, -0.1) is 0 Å². The lowest BCUT2D eigenvalue weighted by atomic mass is 9.90. The molecule has 0 atom stereocenters. The van der Waals surface area contributed by atoms with Gasteiger partial charge in [0.15, 0.2) is 17.5 Å². The van der Waals surface area contributed by atoms with Crippen LogP contribution in [0.3, 0.4) is 0 Å². The first kappa shape index (κ1) is 36.9. The fraction of sp³-hybridized carbons (Fsp3) is 0. The van der Waals surface area contributed by atoms with E-state index in [2.05, 4.69) is 167 Å². The van der Waals surface area contributed by atoms with E-state index in [1.54, 1.807) is 0 Å². The largest absolute Gasteiger partial charge is 0.309 e. The summed E-state index contributed by atoms with van der Waals surface area (Å²) in [5.41, 5.74) is 13.3. The molecule has 0 aliphatic carbocycles. The van der Waals surface area contributed by atoms with Gasteiger partial charge in [-0.25, -0.2) is 15.0 Å². The fourth-order valence-electron chi connectivity index (χ4n) is 9.27. The second kappa shape index (κ2) is 15.2. The van der Waals surface area contributed by atoms with Crippen LogP contribution in [-0.4, -0.2) is 24.1 Å². The molecule has 0 saturated heterocycles. The number of rotatable bonds is 7. The van der Waals surface area contributed by atoms with E-state index in [9.17, 15) is 5.26 Å². The quantitative estimate of drug-likeness (QED) is 0.161. The van der Waals surface area contributed by atoms with E-state index in [4.69, 9.17) is 15.0 Å². The van der Waals surface area contributed by atoms with Crippen molar-refractivity contribution in [2.24, 2.45) is 0 Å². The zero-order valence-corrected chi connectivity index (χ0v) is 34.5. The molecule has 0 aliphatic rings. The number of nitrogens with zero attached hydrogens (tertiary/aromatic N) is 6. The van der Waals surface area contributed by atoms with Gasteiger partial charge in [0, 0.05) is 55.2 Å². The highest BCUT2D eigenvalue weighted by atomic mass is 15.0. The molecule has 12 aromatic rings. The van der Waals surface area contributed by atoms with Crippen molar-refractivity contribution in [3.63, 3.8) is 0 Å². The van der Waals surface area contributed by atoms with E-state index in [-0.39, 0.29) is 0 Å². The van der Waals surface area contributed by atoms with E-state index < -0.39 is 0 Å². The molecular weight excluding hydrogens is 781 g/mol. The van der Waals surface area contributed by atoms with Crippen LogP contribution in [0.5, 0.6) is 0 Å². The minimum absolute atomic E-state index is 0.485. The summed E-state index contributed by atoms with van der Waals surface area (Å²) < 4.78 is 4.63. The van der Waals surface area contributed by atoms with Crippen LogP contribution in [0.4, 0.5) is 0 Å². The van der Waals surface area contributed by atoms with Crippen LogP contribution in [-0.2, 0) is 0 Å². The van der Waals surface area contributed by atoms with Gasteiger partial charge < -0.3 is 9.13 Å². The second-order valence-electron chi connectivity index (χ2n) is 15.9. The molecule has 0 unspecified atom stereocenters. The summed E-state index contributed by atoms with van der Waals surface area (Å²) in [6.07, 6.45) is 0. The smallest absolute Gasteiger partial charge is 0.164 e. The Morgan fingerprint density at radius 2 is 0.672 bits per heavy atom. The summed E-state index contributed by atoms with van der Waals surface area (Å²) in [5.74, 6) is 1.60. The van der Waals surface area contributed by atoms with Crippen LogP contribution in [0.1, 0.15) is 5.56 Å². The number of hydrogen-bond acceptors (Lipinski definition) is 4. The number of hydrogen-bond donors (Lipinski definition) is 0. The molecule has 6 nitrogen and oxygen atoms in total. The van der Waals surface area contributed by atoms with Crippen LogP contribution in [0.2, 0.25) is 0 Å². The highest BCUT2D eigenvalue weighted by Gasteiger charge is 2.21. The topological polar surface area (TPSA) is 72.3 Å². The lowest BCUT2D eigenvalue weighted by molar-refractivity contribution is 1.07. The van der Waals surface area contributed by atoms with Crippen LogP contribution in [0.15, 0.2) is 218 Å². The van der Waals surface area contributed by atoms with Crippen LogP contribution in [0.25, 0.3) is 111 Å². The molecule has 0 bridgehead atoms. The maximum atomic E-state index is 10.9. The molecule has 12 rings (SSSR count). The molecule has 9 aromatic carbocycles. The fourth-order valence-corrected chi connectivity index (χ4v) is 9.27. The molecule has 0 aliphatic heterocycles. The third kappa shape index (κ3) is 6.14. The first-order valence-corrected chi connectivity index (χ1v) is 21.3. The summed E-state index contributed by atoms with van der Waals surface area (Å²) >= 11 is 0. The standard InChI is InChI=1S/C58H36N6/c59-37-42-35-51(58-61-56(40-15-3-1-4-16-40)60-57(62-58)41-17-5-2-6-18-41)50(39-29-33-44(34-30-39)64-54-25-13-9-21-47(54)48-22-10-14-26-55(48)64)36-49(42)38-27-31-43(32-28-38)63-52-23-11-7-19-45(52)46-20-8-12-24-53(46)63/h1-36H. The molecule has 3 heterocycles. The summed E-state index contributed by atoms with van der Waals surface area (Å²) in [5, 5.41) is 15.8. The van der Waals surface area contributed by atoms with E-state index in [0.717, 1.165) is 72.4 Å². The molecule has 0 radical (unpaired) electrons. The Bertz CT molecular complexity index is 3600. The van der Waals surface area contributed by atoms with Gasteiger partial charge in [-0.1, -0.05) is 158 Å². The molecule has 3 aromatic heterocycles. The highest BCUT2D eigenvalue weighted by Crippen LogP contribution is 2.40. The minimum atomic E-state index is 0.485. The van der Waals surface area contributed by atoms with Crippen molar-refractivity contribution in [3.05, 3.63) is 224 Å². The average Bonchev–Trinajstić information content (AvgIpc) is 3.90. The Morgan fingerprint density at radius 1 is 0.312 bits per heavy atom. The Kier molecular flexibility index (Phi) is 8.77. The maximum Gasteiger partial charge on any atom is 0.164 e. The minimum Gasteiger partial charge on any atom is -0.309 e. The van der Waals surface area contributed by atoms with E-state index >= 15 is 0 Å². The van der Waals surface area contributed by atoms with Gasteiger partial charge in [-0.3, -0.25) is 0 Å². The summed E-state index contributed by atoms with van der Waals surface area (Å²) in [7, 11) is 0. The van der Waals surface area contributed by atoms with E-state index in [1.165, 1.54) is 21.5 Å². The normalized spacial score (nSPS) is 11.4. The number of aromatic nitrogens is 5. The third-order valence-electron chi connectivity index (χ3n) is 12.3. The molecule has 0 spiro atoms. The first-order valence-electron chi connectivity index (χ1n) is 21.3. The summed E-state index contributed by atoms with van der Waals surface area (Å²) in [6.45, 7) is 0. The van der Waals surface area contributed by atoms with Gasteiger partial charge in [0.05, 0.1) is 33.7 Å². The Balaban J connectivity index is 1.05. The van der Waals surface area contributed by atoms with Gasteiger partial charge in [0.2, 0.25) is 0 Å². The summed E-state index contributed by atoms with van der Waals surface area (Å²) in [4.78, 5) is 15.3. The van der Waals surface area contributed by atoms with Crippen molar-refractivity contribution in [3.8, 4) is 73.9 Å². The molecule has 0 saturated carbocycles. The van der Waals surface area contributed by atoms with Crippen LogP contribution in [0, 0.1) is 11.3 Å². The Labute approximate surface area is 369 Å². The molecule has 298 valence electrons. The van der Waals surface area contributed by atoms with E-state index in [0.29, 0.717) is 23.0 Å². The van der Waals surface area contributed by atoms with Crippen molar-refractivity contribution >= 4 is 43.6 Å². The number of fused-ring (bicyclic) bond motifs is 6. The lowest BCUT2D eigenvalue weighted by Crippen LogP contribution is -2.02. The van der Waals surface area contributed by atoms with E-state index in [1.807, 2.05) is 66.7 Å². The van der Waals surface area contributed by atoms with Crippen LogP contribution < -0.4 is 0 Å². The van der Waals surface area contributed by atoms with Crippen molar-refractivity contribution in [2.75, 3.05) is 0 Å². The molecule has 0 fully saturated rings. The molecule has 0 amide bonds. The third-order valence-corrected chi connectivity index (χ3v) is 12.3. The molecule has 64 heavy (non-hydrogen) atoms. The predicted octanol–water partition coefficient (Wildman–Crippen LogP) is 14.3. The van der Waals surface area contributed by atoms with Gasteiger partial charge in [0.1, 0.15) is 0 Å². The monoisotopic (exact) mass is 816 g/mol. The Hall–Kier alpha value is -8.92. The van der Waals surface area contributed by atoms with Crippen molar-refractivity contribution in [1.82, 2.24) is 24.1 Å². The van der Waals surface area contributed by atoms with Gasteiger partial charge >= 0.3 is 0 Å². The van der Waals surface area contributed by atoms with Crippen molar-refractivity contribution in [1.29, 1.82) is 5.26 Å². The average molecular weight is 817 g/mol. The zero-order valence-electron chi connectivity index (χ0n) is 34.5. The zero-order chi connectivity index (χ0) is 42.6. The van der Waals surface area contributed by atoms with Crippen molar-refractivity contribution in [2.45, 2.75) is 0 Å². The molecule has 6 heteroatoms.